The molecule has 2 heterocycles. The van der Waals surface area contributed by atoms with Gasteiger partial charge in [0.25, 0.3) is 0 Å². The van der Waals surface area contributed by atoms with Crippen molar-refractivity contribution >= 4 is 0 Å². The zero-order valence-corrected chi connectivity index (χ0v) is 8.45. The Morgan fingerprint density at radius 2 is 2.57 bits per heavy atom. The third-order valence-electron chi connectivity index (χ3n) is 2.56. The Labute approximate surface area is 83.7 Å². The maximum atomic E-state index is 5.38. The third kappa shape index (κ3) is 2.33. The maximum absolute atomic E-state index is 5.38. The number of aromatic nitrogens is 1. The number of oxazole rings is 1. The van der Waals surface area contributed by atoms with Gasteiger partial charge >= 0.3 is 0 Å². The van der Waals surface area contributed by atoms with Crippen molar-refractivity contribution in [1.82, 2.24) is 10.3 Å². The van der Waals surface area contributed by atoms with E-state index in [9.17, 15) is 0 Å². The number of rotatable bonds is 3. The van der Waals surface area contributed by atoms with E-state index >= 15 is 0 Å². The first-order valence-corrected chi connectivity index (χ1v) is 5.06. The number of aryl methyl sites for hydroxylation is 1. The van der Waals surface area contributed by atoms with Crippen molar-refractivity contribution in [2.24, 2.45) is 0 Å². The molecule has 1 saturated heterocycles. The first kappa shape index (κ1) is 9.68. The molecule has 1 aliphatic heterocycles. The number of ether oxygens (including phenoxy) is 1. The Kier molecular flexibility index (Phi) is 3.16. The summed E-state index contributed by atoms with van der Waals surface area (Å²) in [6.45, 7) is 4.43. The molecule has 4 heteroatoms. The number of hydrogen-bond donors (Lipinski definition) is 1. The molecule has 0 radical (unpaired) electrons. The second-order valence-corrected chi connectivity index (χ2v) is 3.65. The zero-order chi connectivity index (χ0) is 9.80. The van der Waals surface area contributed by atoms with E-state index in [-0.39, 0.29) is 0 Å². The van der Waals surface area contributed by atoms with Crippen LogP contribution in [0, 0.1) is 6.92 Å². The predicted octanol–water partition coefficient (Wildman–Crippen LogP) is 1.25. The van der Waals surface area contributed by atoms with Crippen LogP contribution in [0.25, 0.3) is 0 Å². The van der Waals surface area contributed by atoms with E-state index in [1.165, 1.54) is 12.8 Å². The van der Waals surface area contributed by atoms with E-state index in [1.807, 2.05) is 6.92 Å². The molecule has 2 rings (SSSR count). The van der Waals surface area contributed by atoms with Crippen molar-refractivity contribution < 1.29 is 9.15 Å². The molecule has 1 fully saturated rings. The van der Waals surface area contributed by atoms with Gasteiger partial charge in [0.15, 0.2) is 6.39 Å². The minimum absolute atomic E-state index is 0.472. The first-order valence-electron chi connectivity index (χ1n) is 5.06. The minimum atomic E-state index is 0.472. The van der Waals surface area contributed by atoms with E-state index in [4.69, 9.17) is 9.15 Å². The van der Waals surface area contributed by atoms with Crippen LogP contribution in [-0.4, -0.2) is 24.2 Å². The second kappa shape index (κ2) is 4.57. The predicted molar refractivity (Wildman–Crippen MR) is 51.9 cm³/mol. The van der Waals surface area contributed by atoms with Crippen molar-refractivity contribution in [3.63, 3.8) is 0 Å². The van der Waals surface area contributed by atoms with Crippen molar-refractivity contribution in [2.75, 3.05) is 13.2 Å². The fraction of sp³-hybridized carbons (Fsp3) is 0.700. The molecule has 78 valence electrons. The van der Waals surface area contributed by atoms with E-state index in [1.54, 1.807) is 0 Å². The molecule has 1 unspecified atom stereocenters. The number of nitrogens with one attached hydrogen (secondary N) is 1. The smallest absolute Gasteiger partial charge is 0.181 e. The van der Waals surface area contributed by atoms with Gasteiger partial charge in [-0.3, -0.25) is 0 Å². The van der Waals surface area contributed by atoms with Crippen LogP contribution < -0.4 is 5.32 Å². The Balaban J connectivity index is 1.79. The summed E-state index contributed by atoms with van der Waals surface area (Å²) in [6, 6.07) is 0.472. The van der Waals surface area contributed by atoms with Crippen LogP contribution in [0.5, 0.6) is 0 Å². The van der Waals surface area contributed by atoms with Gasteiger partial charge in [-0.25, -0.2) is 4.98 Å². The highest BCUT2D eigenvalue weighted by atomic mass is 16.5. The molecule has 0 aliphatic carbocycles. The van der Waals surface area contributed by atoms with Crippen molar-refractivity contribution in [2.45, 2.75) is 32.4 Å². The van der Waals surface area contributed by atoms with Gasteiger partial charge in [-0.15, -0.1) is 0 Å². The Hall–Kier alpha value is -0.870. The molecule has 0 saturated carbocycles. The average Bonchev–Trinajstić information content (AvgIpc) is 2.63. The van der Waals surface area contributed by atoms with Gasteiger partial charge in [-0.1, -0.05) is 0 Å². The molecule has 1 atom stereocenters. The lowest BCUT2D eigenvalue weighted by molar-refractivity contribution is 0.0698. The highest BCUT2D eigenvalue weighted by Crippen LogP contribution is 2.08. The van der Waals surface area contributed by atoms with Crippen LogP contribution in [0.1, 0.15) is 24.3 Å². The van der Waals surface area contributed by atoms with Crippen molar-refractivity contribution in [3.05, 3.63) is 17.8 Å². The summed E-state index contributed by atoms with van der Waals surface area (Å²) < 4.78 is 10.5. The topological polar surface area (TPSA) is 47.3 Å². The van der Waals surface area contributed by atoms with E-state index in [0.717, 1.165) is 37.6 Å². The quantitative estimate of drug-likeness (QED) is 0.790. The van der Waals surface area contributed by atoms with Gasteiger partial charge < -0.3 is 14.5 Å². The lowest BCUT2D eigenvalue weighted by Gasteiger charge is -2.22. The average molecular weight is 196 g/mol. The van der Waals surface area contributed by atoms with Crippen LogP contribution >= 0.6 is 0 Å². The molecule has 0 bridgehead atoms. The summed E-state index contributed by atoms with van der Waals surface area (Å²) >= 11 is 0. The zero-order valence-electron chi connectivity index (χ0n) is 8.45. The fourth-order valence-corrected chi connectivity index (χ4v) is 1.64. The molecule has 14 heavy (non-hydrogen) atoms. The van der Waals surface area contributed by atoms with Gasteiger partial charge in [0.05, 0.1) is 12.3 Å². The maximum Gasteiger partial charge on any atom is 0.181 e. The summed E-state index contributed by atoms with van der Waals surface area (Å²) in [5, 5.41) is 3.42. The molecule has 1 aromatic rings. The van der Waals surface area contributed by atoms with Gasteiger partial charge in [0.2, 0.25) is 0 Å². The molecular weight excluding hydrogens is 180 g/mol. The van der Waals surface area contributed by atoms with Crippen LogP contribution in [-0.2, 0) is 11.3 Å². The summed E-state index contributed by atoms with van der Waals surface area (Å²) in [7, 11) is 0. The lowest BCUT2D eigenvalue weighted by atomic mass is 10.1. The number of hydrogen-bond acceptors (Lipinski definition) is 4. The molecule has 1 aromatic heterocycles. The molecule has 1 N–H and O–H groups in total. The molecule has 0 spiro atoms. The van der Waals surface area contributed by atoms with Crippen LogP contribution in [0.4, 0.5) is 0 Å². The normalized spacial score (nSPS) is 22.5. The monoisotopic (exact) mass is 196 g/mol. The summed E-state index contributed by atoms with van der Waals surface area (Å²) in [6.07, 6.45) is 3.83. The van der Waals surface area contributed by atoms with Gasteiger partial charge in [0.1, 0.15) is 5.76 Å². The molecule has 4 nitrogen and oxygen atoms in total. The summed E-state index contributed by atoms with van der Waals surface area (Å²) in [5.74, 6) is 0.897. The van der Waals surface area contributed by atoms with Crippen LogP contribution in [0.15, 0.2) is 10.8 Å². The van der Waals surface area contributed by atoms with Gasteiger partial charge in [-0.05, 0) is 19.8 Å². The molecule has 1 aliphatic rings. The Morgan fingerprint density at radius 3 is 3.21 bits per heavy atom. The molecule has 0 aromatic carbocycles. The van der Waals surface area contributed by atoms with E-state index < -0.39 is 0 Å². The third-order valence-corrected chi connectivity index (χ3v) is 2.56. The standard InChI is InChI=1S/C10H16N2O2/c1-8-10(12-7-14-8)5-11-9-3-2-4-13-6-9/h7,9,11H,2-6H2,1H3. The van der Waals surface area contributed by atoms with Crippen molar-refractivity contribution in [1.29, 1.82) is 0 Å². The minimum Gasteiger partial charge on any atom is -0.448 e. The van der Waals surface area contributed by atoms with Crippen molar-refractivity contribution in [3.8, 4) is 0 Å². The highest BCUT2D eigenvalue weighted by molar-refractivity contribution is 5.04. The van der Waals surface area contributed by atoms with Gasteiger partial charge in [0, 0.05) is 19.2 Å². The number of nitrogens with zero attached hydrogens (tertiary/aromatic N) is 1. The second-order valence-electron chi connectivity index (χ2n) is 3.65. The molecular formula is C10H16N2O2. The largest absolute Gasteiger partial charge is 0.448 e. The fourth-order valence-electron chi connectivity index (χ4n) is 1.64. The Morgan fingerprint density at radius 1 is 1.64 bits per heavy atom. The SMILES string of the molecule is Cc1ocnc1CNC1CCCOC1. The molecule has 0 amide bonds. The van der Waals surface area contributed by atoms with E-state index in [0.29, 0.717) is 6.04 Å². The van der Waals surface area contributed by atoms with Crippen LogP contribution in [0.2, 0.25) is 0 Å². The summed E-state index contributed by atoms with van der Waals surface area (Å²) in [5.41, 5.74) is 0.996. The van der Waals surface area contributed by atoms with E-state index in [2.05, 4.69) is 10.3 Å². The Bertz CT molecular complexity index is 279. The van der Waals surface area contributed by atoms with Crippen LogP contribution in [0.3, 0.4) is 0 Å². The highest BCUT2D eigenvalue weighted by Gasteiger charge is 2.13. The summed E-state index contributed by atoms with van der Waals surface area (Å²) in [4.78, 5) is 4.13. The lowest BCUT2D eigenvalue weighted by Crippen LogP contribution is -2.36. The van der Waals surface area contributed by atoms with Gasteiger partial charge in [-0.2, -0.15) is 0 Å². The first-order chi connectivity index (χ1) is 6.86.